The maximum absolute atomic E-state index is 13.1. The second-order valence-corrected chi connectivity index (χ2v) is 3.48. The summed E-state index contributed by atoms with van der Waals surface area (Å²) in [4.78, 5) is 0. The zero-order valence-electron chi connectivity index (χ0n) is 6.80. The van der Waals surface area contributed by atoms with Crippen molar-refractivity contribution in [2.45, 2.75) is 0 Å². The minimum atomic E-state index is -0.461. The van der Waals surface area contributed by atoms with Crippen LogP contribution in [0, 0.1) is 11.6 Å². The lowest BCUT2D eigenvalue weighted by Gasteiger charge is -2.00. The van der Waals surface area contributed by atoms with Crippen LogP contribution in [0.25, 0.3) is 10.1 Å². The van der Waals surface area contributed by atoms with Crippen LogP contribution in [0.1, 0.15) is 0 Å². The number of benzene rings is 1. The third kappa shape index (κ3) is 1.27. The van der Waals surface area contributed by atoms with Gasteiger partial charge in [0, 0.05) is 15.5 Å². The van der Waals surface area contributed by atoms with E-state index in [1.165, 1.54) is 36.0 Å². The van der Waals surface area contributed by atoms with Gasteiger partial charge in [-0.2, -0.15) is 0 Å². The summed E-state index contributed by atoms with van der Waals surface area (Å²) >= 11 is 1.18. The standard InChI is InChI=1S/C9H6F2OS/c1-12-8-2-5-7(11)4-13-9(5)3-6(8)10/h2-4H,1H3. The maximum Gasteiger partial charge on any atom is 0.166 e. The van der Waals surface area contributed by atoms with Gasteiger partial charge in [-0.1, -0.05) is 0 Å². The Morgan fingerprint density at radius 3 is 2.69 bits per heavy atom. The number of hydrogen-bond donors (Lipinski definition) is 0. The SMILES string of the molecule is COc1cc2c(F)csc2cc1F. The Labute approximate surface area is 77.6 Å². The Balaban J connectivity index is 2.77. The number of ether oxygens (including phenoxy) is 1. The lowest BCUT2D eigenvalue weighted by atomic mass is 10.2. The van der Waals surface area contributed by atoms with E-state index in [1.807, 2.05) is 0 Å². The van der Waals surface area contributed by atoms with Gasteiger partial charge in [-0.05, 0) is 12.1 Å². The molecule has 0 bridgehead atoms. The van der Waals surface area contributed by atoms with Crippen molar-refractivity contribution in [2.24, 2.45) is 0 Å². The van der Waals surface area contributed by atoms with Gasteiger partial charge in [0.25, 0.3) is 0 Å². The average Bonchev–Trinajstić information content (AvgIpc) is 2.46. The van der Waals surface area contributed by atoms with Crippen LogP contribution in [-0.2, 0) is 0 Å². The normalized spacial score (nSPS) is 10.7. The van der Waals surface area contributed by atoms with Crippen molar-refractivity contribution in [3.05, 3.63) is 29.1 Å². The molecule has 13 heavy (non-hydrogen) atoms. The van der Waals surface area contributed by atoms with Crippen LogP contribution in [0.3, 0.4) is 0 Å². The first-order chi connectivity index (χ1) is 6.22. The number of methoxy groups -OCH3 is 1. The first kappa shape index (κ1) is 8.44. The molecule has 0 radical (unpaired) electrons. The van der Waals surface area contributed by atoms with Crippen molar-refractivity contribution in [3.8, 4) is 5.75 Å². The second-order valence-electron chi connectivity index (χ2n) is 2.57. The Morgan fingerprint density at radius 1 is 1.23 bits per heavy atom. The molecule has 0 spiro atoms. The van der Waals surface area contributed by atoms with Crippen molar-refractivity contribution < 1.29 is 13.5 Å². The maximum atomic E-state index is 13.1. The molecule has 4 heteroatoms. The van der Waals surface area contributed by atoms with Crippen molar-refractivity contribution >= 4 is 21.4 Å². The Kier molecular flexibility index (Phi) is 1.92. The van der Waals surface area contributed by atoms with Crippen LogP contribution in [-0.4, -0.2) is 7.11 Å². The third-order valence-electron chi connectivity index (χ3n) is 1.80. The summed E-state index contributed by atoms with van der Waals surface area (Å²) in [5.74, 6) is -0.722. The molecule has 2 aromatic rings. The Morgan fingerprint density at radius 2 is 2.00 bits per heavy atom. The highest BCUT2D eigenvalue weighted by molar-refractivity contribution is 7.17. The molecule has 2 rings (SSSR count). The Bertz CT molecular complexity index is 450. The molecule has 0 atom stereocenters. The van der Waals surface area contributed by atoms with Gasteiger partial charge < -0.3 is 4.74 Å². The molecule has 0 unspecified atom stereocenters. The minimum Gasteiger partial charge on any atom is -0.494 e. The molecule has 1 aromatic heterocycles. The predicted octanol–water partition coefficient (Wildman–Crippen LogP) is 3.19. The number of hydrogen-bond acceptors (Lipinski definition) is 2. The molecule has 0 amide bonds. The summed E-state index contributed by atoms with van der Waals surface area (Å²) in [6, 6.07) is 2.65. The van der Waals surface area contributed by atoms with Gasteiger partial charge >= 0.3 is 0 Å². The highest BCUT2D eigenvalue weighted by Gasteiger charge is 2.09. The van der Waals surface area contributed by atoms with E-state index >= 15 is 0 Å². The summed E-state index contributed by atoms with van der Waals surface area (Å²) in [6.07, 6.45) is 0. The van der Waals surface area contributed by atoms with Crippen LogP contribution >= 0.6 is 11.3 Å². The molecule has 0 aliphatic carbocycles. The van der Waals surface area contributed by atoms with Crippen LogP contribution in [0.4, 0.5) is 8.78 Å². The summed E-state index contributed by atoms with van der Waals surface area (Å²) in [7, 11) is 1.36. The molecule has 1 heterocycles. The molecule has 1 nitrogen and oxygen atoms in total. The highest BCUT2D eigenvalue weighted by atomic mass is 32.1. The van der Waals surface area contributed by atoms with E-state index in [1.54, 1.807) is 0 Å². The number of halogens is 2. The first-order valence-corrected chi connectivity index (χ1v) is 4.50. The largest absolute Gasteiger partial charge is 0.494 e. The lowest BCUT2D eigenvalue weighted by Crippen LogP contribution is -1.87. The zero-order valence-corrected chi connectivity index (χ0v) is 7.62. The fraction of sp³-hybridized carbons (Fsp3) is 0.111. The van der Waals surface area contributed by atoms with Crippen molar-refractivity contribution in [3.63, 3.8) is 0 Å². The molecular formula is C9H6F2OS. The molecule has 0 N–H and O–H groups in total. The quantitative estimate of drug-likeness (QED) is 0.687. The number of fused-ring (bicyclic) bond motifs is 1. The highest BCUT2D eigenvalue weighted by Crippen LogP contribution is 2.30. The fourth-order valence-electron chi connectivity index (χ4n) is 1.15. The van der Waals surface area contributed by atoms with E-state index in [2.05, 4.69) is 0 Å². The molecule has 0 aliphatic rings. The minimum absolute atomic E-state index is 0.0739. The van der Waals surface area contributed by atoms with Gasteiger partial charge in [0.05, 0.1) is 7.11 Å². The molecule has 0 saturated carbocycles. The lowest BCUT2D eigenvalue weighted by molar-refractivity contribution is 0.387. The van der Waals surface area contributed by atoms with Gasteiger partial charge in [0.2, 0.25) is 0 Å². The second kappa shape index (κ2) is 2.96. The van der Waals surface area contributed by atoms with E-state index < -0.39 is 5.82 Å². The number of rotatable bonds is 1. The summed E-state index contributed by atoms with van der Waals surface area (Å²) in [5, 5.41) is 1.76. The number of thiophene rings is 1. The topological polar surface area (TPSA) is 9.23 Å². The van der Waals surface area contributed by atoms with Gasteiger partial charge in [0.15, 0.2) is 11.6 Å². The summed E-state index contributed by atoms with van der Waals surface area (Å²) < 4.78 is 31.4. The molecule has 1 aromatic carbocycles. The van der Waals surface area contributed by atoms with Crippen molar-refractivity contribution in [1.29, 1.82) is 0 Å². The predicted molar refractivity (Wildman–Crippen MR) is 48.3 cm³/mol. The first-order valence-electron chi connectivity index (χ1n) is 3.62. The van der Waals surface area contributed by atoms with Crippen LogP contribution in [0.5, 0.6) is 5.75 Å². The van der Waals surface area contributed by atoms with Crippen LogP contribution in [0.15, 0.2) is 17.5 Å². The van der Waals surface area contributed by atoms with Gasteiger partial charge in [0.1, 0.15) is 5.82 Å². The zero-order chi connectivity index (χ0) is 9.42. The molecule has 68 valence electrons. The van der Waals surface area contributed by atoms with Gasteiger partial charge in [-0.3, -0.25) is 0 Å². The van der Waals surface area contributed by atoms with Crippen LogP contribution < -0.4 is 4.74 Å². The molecule has 0 saturated heterocycles. The summed E-state index contributed by atoms with van der Waals surface area (Å²) in [5.41, 5.74) is 0. The molecular weight excluding hydrogens is 194 g/mol. The smallest absolute Gasteiger partial charge is 0.166 e. The van der Waals surface area contributed by atoms with E-state index in [0.29, 0.717) is 10.1 Å². The van der Waals surface area contributed by atoms with E-state index in [9.17, 15) is 8.78 Å². The van der Waals surface area contributed by atoms with E-state index in [0.717, 1.165) is 0 Å². The van der Waals surface area contributed by atoms with Gasteiger partial charge in [-0.15, -0.1) is 11.3 Å². The third-order valence-corrected chi connectivity index (χ3v) is 2.72. The Hall–Kier alpha value is -1.16. The molecule has 0 fully saturated rings. The van der Waals surface area contributed by atoms with Gasteiger partial charge in [-0.25, -0.2) is 8.78 Å². The summed E-state index contributed by atoms with van der Waals surface area (Å²) in [6.45, 7) is 0. The molecule has 0 aliphatic heterocycles. The van der Waals surface area contributed by atoms with Crippen molar-refractivity contribution in [1.82, 2.24) is 0 Å². The van der Waals surface area contributed by atoms with E-state index in [-0.39, 0.29) is 11.6 Å². The van der Waals surface area contributed by atoms with Crippen molar-refractivity contribution in [2.75, 3.05) is 7.11 Å². The average molecular weight is 200 g/mol. The van der Waals surface area contributed by atoms with E-state index in [4.69, 9.17) is 4.74 Å². The fourth-order valence-corrected chi connectivity index (χ4v) is 1.97. The van der Waals surface area contributed by atoms with Crippen LogP contribution in [0.2, 0.25) is 0 Å². The monoisotopic (exact) mass is 200 g/mol.